The van der Waals surface area contributed by atoms with Crippen LogP contribution in [0.3, 0.4) is 0 Å². The van der Waals surface area contributed by atoms with E-state index in [9.17, 15) is 9.59 Å². The lowest BCUT2D eigenvalue weighted by molar-refractivity contribution is 0.0593. The van der Waals surface area contributed by atoms with Crippen LogP contribution in [-0.2, 0) is 6.42 Å². The number of benzene rings is 2. The van der Waals surface area contributed by atoms with Crippen molar-refractivity contribution in [3.05, 3.63) is 65.4 Å². The predicted octanol–water partition coefficient (Wildman–Crippen LogP) is 3.82. The molecular weight excluding hydrogens is 340 g/mol. The number of fused-ring (bicyclic) bond motifs is 3. The second-order valence-electron chi connectivity index (χ2n) is 7.14. The monoisotopic (exact) mass is 360 g/mol. The molecule has 5 rings (SSSR count). The molecule has 0 saturated carbocycles. The maximum atomic E-state index is 13.2. The second kappa shape index (κ2) is 5.98. The highest BCUT2D eigenvalue weighted by Gasteiger charge is 2.39. The summed E-state index contributed by atoms with van der Waals surface area (Å²) in [6.07, 6.45) is 1.92. The van der Waals surface area contributed by atoms with Gasteiger partial charge in [0.15, 0.2) is 0 Å². The Balaban J connectivity index is 1.59. The lowest BCUT2D eigenvalue weighted by Gasteiger charge is -2.39. The summed E-state index contributed by atoms with van der Waals surface area (Å²) >= 11 is 0. The minimum Gasteiger partial charge on any atom is -0.497 e. The maximum Gasteiger partial charge on any atom is 0.254 e. The number of ether oxygens (including phenoxy) is 1. The van der Waals surface area contributed by atoms with Crippen LogP contribution < -0.4 is 4.74 Å². The lowest BCUT2D eigenvalue weighted by atomic mass is 9.91. The zero-order chi connectivity index (χ0) is 18.5. The van der Waals surface area contributed by atoms with Gasteiger partial charge in [-0.05, 0) is 48.7 Å². The molecule has 0 bridgehead atoms. The zero-order valence-electron chi connectivity index (χ0n) is 15.1. The molecule has 3 aromatic rings. The Bertz CT molecular complexity index is 1070. The average molecular weight is 360 g/mol. The van der Waals surface area contributed by atoms with E-state index in [2.05, 4.69) is 6.07 Å². The average Bonchev–Trinajstić information content (AvgIpc) is 3.06. The Hall–Kier alpha value is -3.08. The van der Waals surface area contributed by atoms with Gasteiger partial charge in [-0.25, -0.2) is 0 Å². The van der Waals surface area contributed by atoms with Gasteiger partial charge in [0.1, 0.15) is 5.75 Å². The van der Waals surface area contributed by atoms with Crippen LogP contribution in [0.5, 0.6) is 5.75 Å². The molecule has 5 heteroatoms. The molecule has 0 fully saturated rings. The Labute approximate surface area is 157 Å². The first-order chi connectivity index (χ1) is 13.2. The summed E-state index contributed by atoms with van der Waals surface area (Å²) < 4.78 is 7.04. The van der Waals surface area contributed by atoms with E-state index in [1.807, 2.05) is 39.8 Å². The van der Waals surface area contributed by atoms with Crippen molar-refractivity contribution in [2.75, 3.05) is 13.7 Å². The molecule has 136 valence electrons. The van der Waals surface area contributed by atoms with Gasteiger partial charge >= 0.3 is 0 Å². The number of nitrogens with zero attached hydrogens (tertiary/aromatic N) is 2. The van der Waals surface area contributed by atoms with Crippen LogP contribution in [0.15, 0.2) is 48.5 Å². The number of carbonyl (C=O) groups excluding carboxylic acids is 2. The van der Waals surface area contributed by atoms with Crippen LogP contribution >= 0.6 is 0 Å². The number of hydrogen-bond donors (Lipinski definition) is 0. The Morgan fingerprint density at radius 3 is 2.63 bits per heavy atom. The van der Waals surface area contributed by atoms with Crippen LogP contribution in [0.4, 0.5) is 0 Å². The fourth-order valence-electron chi connectivity index (χ4n) is 4.55. The van der Waals surface area contributed by atoms with E-state index >= 15 is 0 Å². The molecule has 0 N–H and O–H groups in total. The number of hydrogen-bond acceptors (Lipinski definition) is 3. The van der Waals surface area contributed by atoms with Gasteiger partial charge in [0, 0.05) is 23.9 Å². The SMILES string of the molecule is COc1ccc(C(=O)N2CCc3c4n(c5ccccc35)C(=O)CCC42)cc1. The van der Waals surface area contributed by atoms with Crippen LogP contribution in [0.2, 0.25) is 0 Å². The second-order valence-corrected chi connectivity index (χ2v) is 7.14. The van der Waals surface area contributed by atoms with Crippen molar-refractivity contribution in [3.63, 3.8) is 0 Å². The summed E-state index contributed by atoms with van der Waals surface area (Å²) in [5, 5.41) is 1.14. The molecule has 1 amide bonds. The summed E-state index contributed by atoms with van der Waals surface area (Å²) in [6, 6.07) is 15.3. The van der Waals surface area contributed by atoms with Gasteiger partial charge in [-0.15, -0.1) is 0 Å². The molecule has 0 saturated heterocycles. The number of para-hydroxylation sites is 1. The highest BCUT2D eigenvalue weighted by atomic mass is 16.5. The Morgan fingerprint density at radius 2 is 1.85 bits per heavy atom. The van der Waals surface area contributed by atoms with Crippen molar-refractivity contribution < 1.29 is 14.3 Å². The van der Waals surface area contributed by atoms with Gasteiger partial charge in [-0.1, -0.05) is 18.2 Å². The molecule has 3 heterocycles. The van der Waals surface area contributed by atoms with Crippen molar-refractivity contribution in [2.45, 2.75) is 25.3 Å². The zero-order valence-corrected chi connectivity index (χ0v) is 15.1. The third-order valence-corrected chi connectivity index (χ3v) is 5.79. The fourth-order valence-corrected chi connectivity index (χ4v) is 4.55. The smallest absolute Gasteiger partial charge is 0.254 e. The molecule has 0 spiro atoms. The van der Waals surface area contributed by atoms with Gasteiger partial charge in [0.25, 0.3) is 5.91 Å². The van der Waals surface area contributed by atoms with Gasteiger partial charge < -0.3 is 9.64 Å². The summed E-state index contributed by atoms with van der Waals surface area (Å²) in [7, 11) is 1.61. The summed E-state index contributed by atoms with van der Waals surface area (Å²) in [4.78, 5) is 27.8. The van der Waals surface area contributed by atoms with E-state index in [-0.39, 0.29) is 17.9 Å². The highest BCUT2D eigenvalue weighted by Crippen LogP contribution is 2.42. The third kappa shape index (κ3) is 2.31. The van der Waals surface area contributed by atoms with Crippen molar-refractivity contribution in [1.29, 1.82) is 0 Å². The lowest BCUT2D eigenvalue weighted by Crippen LogP contribution is -2.43. The molecule has 27 heavy (non-hydrogen) atoms. The Morgan fingerprint density at radius 1 is 1.07 bits per heavy atom. The first kappa shape index (κ1) is 16.1. The van der Waals surface area contributed by atoms with Crippen LogP contribution in [0.1, 0.15) is 45.3 Å². The standard InChI is InChI=1S/C22H20N2O3/c1-27-15-8-6-14(7-9-15)22(26)23-13-12-17-16-4-2-3-5-18(16)24-20(25)11-10-19(23)21(17)24/h2-9,19H,10-13H2,1H3. The number of methoxy groups -OCH3 is 1. The van der Waals surface area contributed by atoms with E-state index in [1.54, 1.807) is 19.2 Å². The predicted molar refractivity (Wildman–Crippen MR) is 102 cm³/mol. The molecule has 2 aromatic carbocycles. The minimum absolute atomic E-state index is 0.0134. The third-order valence-electron chi connectivity index (χ3n) is 5.79. The highest BCUT2D eigenvalue weighted by molar-refractivity contribution is 5.99. The van der Waals surface area contributed by atoms with Crippen molar-refractivity contribution in [2.24, 2.45) is 0 Å². The Kier molecular flexibility index (Phi) is 3.57. The molecule has 1 atom stereocenters. The van der Waals surface area contributed by atoms with E-state index < -0.39 is 0 Å². The number of aromatic nitrogens is 1. The molecule has 5 nitrogen and oxygen atoms in total. The summed E-state index contributed by atoms with van der Waals surface area (Å²) in [5.74, 6) is 0.873. The summed E-state index contributed by atoms with van der Waals surface area (Å²) in [6.45, 7) is 0.671. The van der Waals surface area contributed by atoms with Crippen LogP contribution in [-0.4, -0.2) is 34.9 Å². The molecule has 1 aromatic heterocycles. The van der Waals surface area contributed by atoms with E-state index in [0.717, 1.165) is 28.8 Å². The van der Waals surface area contributed by atoms with Crippen LogP contribution in [0.25, 0.3) is 10.9 Å². The fraction of sp³-hybridized carbons (Fsp3) is 0.273. The first-order valence-electron chi connectivity index (χ1n) is 9.29. The van der Waals surface area contributed by atoms with Crippen molar-refractivity contribution in [3.8, 4) is 5.75 Å². The number of amides is 1. The van der Waals surface area contributed by atoms with Crippen molar-refractivity contribution in [1.82, 2.24) is 9.47 Å². The summed E-state index contributed by atoms with van der Waals surface area (Å²) in [5.41, 5.74) is 3.86. The quantitative estimate of drug-likeness (QED) is 0.698. The van der Waals surface area contributed by atoms with E-state index in [4.69, 9.17) is 4.74 Å². The maximum absolute atomic E-state index is 13.2. The molecule has 0 radical (unpaired) electrons. The van der Waals surface area contributed by atoms with Crippen molar-refractivity contribution >= 4 is 22.7 Å². The van der Waals surface area contributed by atoms with Crippen LogP contribution in [0, 0.1) is 0 Å². The van der Waals surface area contributed by atoms with Gasteiger partial charge in [0.05, 0.1) is 24.4 Å². The molecule has 1 unspecified atom stereocenters. The van der Waals surface area contributed by atoms with Gasteiger partial charge in [-0.3, -0.25) is 14.2 Å². The van der Waals surface area contributed by atoms with Gasteiger partial charge in [0.2, 0.25) is 5.91 Å². The molecule has 2 aliphatic heterocycles. The largest absolute Gasteiger partial charge is 0.497 e. The number of rotatable bonds is 2. The molecule has 0 aliphatic carbocycles. The topological polar surface area (TPSA) is 51.5 Å². The minimum atomic E-state index is -0.0477. The first-order valence-corrected chi connectivity index (χ1v) is 9.29. The van der Waals surface area contributed by atoms with Gasteiger partial charge in [-0.2, -0.15) is 0 Å². The van der Waals surface area contributed by atoms with E-state index in [0.29, 0.717) is 24.9 Å². The van der Waals surface area contributed by atoms with E-state index in [1.165, 1.54) is 5.56 Å². The number of carbonyl (C=O) groups is 2. The molecular formula is C22H20N2O3. The molecule has 2 aliphatic rings. The normalized spacial score (nSPS) is 18.5.